The minimum Gasteiger partial charge on any atom is -0.349 e. The predicted octanol–water partition coefficient (Wildman–Crippen LogP) is 2.32. The number of hydrogen-bond acceptors (Lipinski definition) is 4. The fraction of sp³-hybridized carbons (Fsp3) is 0.300. The van der Waals surface area contributed by atoms with Gasteiger partial charge >= 0.3 is 0 Å². The van der Waals surface area contributed by atoms with Gasteiger partial charge in [0.25, 0.3) is 17.6 Å². The van der Waals surface area contributed by atoms with E-state index in [1.807, 2.05) is 0 Å². The van der Waals surface area contributed by atoms with Crippen molar-refractivity contribution in [2.45, 2.75) is 33.2 Å². The molecule has 0 spiro atoms. The lowest BCUT2D eigenvalue weighted by atomic mass is 10.0. The van der Waals surface area contributed by atoms with E-state index in [0.717, 1.165) is 12.5 Å². The van der Waals surface area contributed by atoms with E-state index in [4.69, 9.17) is 5.26 Å². The fourth-order valence-corrected chi connectivity index (χ4v) is 3.55. The Morgan fingerprint density at radius 3 is 2.75 bits per heavy atom. The normalized spacial score (nSPS) is 12.2. The quantitative estimate of drug-likeness (QED) is 0.612. The molecule has 3 rings (SSSR count). The first-order valence-corrected chi connectivity index (χ1v) is 8.94. The van der Waals surface area contributed by atoms with Gasteiger partial charge in [0.1, 0.15) is 17.6 Å². The molecule has 2 N–H and O–H groups in total. The van der Waals surface area contributed by atoms with Crippen LogP contribution in [0.25, 0.3) is 0 Å². The number of nitrogens with one attached hydrogen (secondary N) is 2. The van der Waals surface area contributed by atoms with E-state index in [9.17, 15) is 18.8 Å². The van der Waals surface area contributed by atoms with Crippen LogP contribution in [0.15, 0.2) is 18.2 Å². The van der Waals surface area contributed by atoms with E-state index in [2.05, 4.69) is 10.6 Å². The minimum absolute atomic E-state index is 0.179. The second-order valence-electron chi connectivity index (χ2n) is 6.50. The van der Waals surface area contributed by atoms with Crippen molar-refractivity contribution in [1.29, 1.82) is 5.26 Å². The van der Waals surface area contributed by atoms with Crippen LogP contribution in [0.2, 0.25) is 0 Å². The predicted molar refractivity (Wildman–Crippen MR) is 99.6 cm³/mol. The van der Waals surface area contributed by atoms with Crippen molar-refractivity contribution >= 4 is 23.3 Å². The number of halogens is 1. The Morgan fingerprint density at radius 1 is 1.32 bits per heavy atom. The van der Waals surface area contributed by atoms with Crippen LogP contribution in [0.3, 0.4) is 0 Å². The van der Waals surface area contributed by atoms with Gasteiger partial charge in [0.05, 0.1) is 11.1 Å². The van der Waals surface area contributed by atoms with Crippen molar-refractivity contribution in [3.8, 4) is 6.07 Å². The van der Waals surface area contributed by atoms with Gasteiger partial charge in [-0.2, -0.15) is 5.26 Å². The van der Waals surface area contributed by atoms with Crippen LogP contribution in [0.1, 0.15) is 51.0 Å². The number of carbonyl (C=O) groups excluding carboxylic acids is 3. The van der Waals surface area contributed by atoms with Crippen molar-refractivity contribution in [1.82, 2.24) is 9.88 Å². The lowest BCUT2D eigenvalue weighted by Crippen LogP contribution is -2.31. The van der Waals surface area contributed by atoms with Gasteiger partial charge in [0, 0.05) is 24.5 Å². The van der Waals surface area contributed by atoms with Crippen LogP contribution in [-0.2, 0) is 17.8 Å². The molecule has 0 atom stereocenters. The summed E-state index contributed by atoms with van der Waals surface area (Å²) in [5.74, 6) is -2.51. The van der Waals surface area contributed by atoms with E-state index in [0.29, 0.717) is 36.5 Å². The summed E-state index contributed by atoms with van der Waals surface area (Å²) in [6.45, 7) is 4.25. The van der Waals surface area contributed by atoms with Crippen LogP contribution in [-0.4, -0.2) is 28.7 Å². The van der Waals surface area contributed by atoms with Gasteiger partial charge in [-0.3, -0.25) is 14.4 Å². The summed E-state index contributed by atoms with van der Waals surface area (Å²) in [5.41, 5.74) is 1.77. The zero-order valence-electron chi connectivity index (χ0n) is 15.6. The summed E-state index contributed by atoms with van der Waals surface area (Å²) in [5, 5.41) is 14.1. The number of nitriles is 1. The molecule has 0 saturated heterocycles. The van der Waals surface area contributed by atoms with Crippen LogP contribution < -0.4 is 10.6 Å². The first-order valence-electron chi connectivity index (χ1n) is 8.94. The number of likely N-dealkylation sites (N-methyl/N-ethyl adjacent to an activating group) is 1. The van der Waals surface area contributed by atoms with E-state index < -0.39 is 23.4 Å². The number of hydrogen-bond donors (Lipinski definition) is 2. The zero-order chi connectivity index (χ0) is 20.4. The Bertz CT molecular complexity index is 1030. The third-order valence-electron chi connectivity index (χ3n) is 4.74. The van der Waals surface area contributed by atoms with Crippen LogP contribution in [0, 0.1) is 24.1 Å². The number of benzene rings is 1. The molecule has 1 aromatic heterocycles. The van der Waals surface area contributed by atoms with Gasteiger partial charge in [-0.15, -0.1) is 0 Å². The van der Waals surface area contributed by atoms with Crippen LogP contribution in [0.5, 0.6) is 0 Å². The average molecular weight is 382 g/mol. The number of ketones is 1. The molecule has 28 heavy (non-hydrogen) atoms. The molecule has 2 amide bonds. The van der Waals surface area contributed by atoms with Gasteiger partial charge in [0.2, 0.25) is 0 Å². The summed E-state index contributed by atoms with van der Waals surface area (Å²) in [7, 11) is 0. The average Bonchev–Trinajstić information content (AvgIpc) is 3.22. The number of Topliss-reactive ketones (excluding diaryl/α,β-unsaturated/α-hetero) is 1. The largest absolute Gasteiger partial charge is 0.349 e. The summed E-state index contributed by atoms with van der Waals surface area (Å²) >= 11 is 0. The topological polar surface area (TPSA) is 104 Å². The van der Waals surface area contributed by atoms with Crippen molar-refractivity contribution < 1.29 is 18.8 Å². The van der Waals surface area contributed by atoms with E-state index in [1.165, 1.54) is 12.1 Å². The number of nitrogens with zero attached hydrogens (tertiary/aromatic N) is 2. The Hall–Kier alpha value is -3.47. The number of fused-ring (bicyclic) bond motifs is 1. The third-order valence-corrected chi connectivity index (χ3v) is 4.74. The number of anilines is 1. The summed E-state index contributed by atoms with van der Waals surface area (Å²) < 4.78 is 15.2. The smallest absolute Gasteiger partial charge is 0.292 e. The molecule has 0 saturated carbocycles. The molecular formula is C20H19FN4O3. The maximum absolute atomic E-state index is 13.5. The van der Waals surface area contributed by atoms with Crippen molar-refractivity contribution in [2.75, 3.05) is 11.9 Å². The third kappa shape index (κ3) is 3.27. The number of amides is 2. The van der Waals surface area contributed by atoms with Gasteiger partial charge in [-0.05, 0) is 50.5 Å². The molecule has 144 valence electrons. The maximum Gasteiger partial charge on any atom is 0.292 e. The van der Waals surface area contributed by atoms with Gasteiger partial charge in [-0.25, -0.2) is 4.39 Å². The van der Waals surface area contributed by atoms with Gasteiger partial charge in [0.15, 0.2) is 0 Å². The Labute approximate surface area is 161 Å². The first-order chi connectivity index (χ1) is 13.4. The number of aromatic nitrogens is 1. The molecule has 2 heterocycles. The highest BCUT2D eigenvalue weighted by molar-refractivity contribution is 6.43. The number of rotatable bonds is 5. The molecule has 0 fully saturated rings. The second-order valence-corrected chi connectivity index (χ2v) is 6.50. The number of carbonyl (C=O) groups is 3. The SMILES string of the molecule is CCNC(=O)C(=O)c1c(C)c(C(=O)Nc2ccc(F)c(C#N)c2)n2c1CCC2. The van der Waals surface area contributed by atoms with E-state index in [-0.39, 0.29) is 16.8 Å². The molecule has 0 radical (unpaired) electrons. The molecular weight excluding hydrogens is 363 g/mol. The van der Waals surface area contributed by atoms with E-state index in [1.54, 1.807) is 24.5 Å². The van der Waals surface area contributed by atoms with Crippen LogP contribution >= 0.6 is 0 Å². The van der Waals surface area contributed by atoms with Crippen molar-refractivity contribution in [2.24, 2.45) is 0 Å². The molecule has 7 nitrogen and oxygen atoms in total. The second kappa shape index (κ2) is 7.64. The highest BCUT2D eigenvalue weighted by Crippen LogP contribution is 2.30. The Kier molecular flexibility index (Phi) is 5.27. The minimum atomic E-state index is -0.699. The Morgan fingerprint density at radius 2 is 2.07 bits per heavy atom. The molecule has 0 bridgehead atoms. The maximum atomic E-state index is 13.5. The van der Waals surface area contributed by atoms with Crippen molar-refractivity contribution in [3.63, 3.8) is 0 Å². The lowest BCUT2D eigenvalue weighted by Gasteiger charge is -2.09. The van der Waals surface area contributed by atoms with Gasteiger partial charge < -0.3 is 15.2 Å². The molecule has 1 aliphatic heterocycles. The lowest BCUT2D eigenvalue weighted by molar-refractivity contribution is -0.116. The zero-order valence-corrected chi connectivity index (χ0v) is 15.6. The van der Waals surface area contributed by atoms with Crippen LogP contribution in [0.4, 0.5) is 10.1 Å². The highest BCUT2D eigenvalue weighted by atomic mass is 19.1. The summed E-state index contributed by atoms with van der Waals surface area (Å²) in [6, 6.07) is 5.44. The van der Waals surface area contributed by atoms with Gasteiger partial charge in [-0.1, -0.05) is 0 Å². The summed E-state index contributed by atoms with van der Waals surface area (Å²) in [6.07, 6.45) is 1.37. The molecule has 1 aliphatic rings. The molecule has 2 aromatic rings. The van der Waals surface area contributed by atoms with E-state index >= 15 is 0 Å². The molecule has 0 aliphatic carbocycles. The molecule has 1 aromatic carbocycles. The van der Waals surface area contributed by atoms with Crippen molar-refractivity contribution in [3.05, 3.63) is 52.1 Å². The first kappa shape index (κ1) is 19.3. The molecule has 0 unspecified atom stereocenters. The molecule has 8 heteroatoms. The standard InChI is InChI=1S/C20H19FN4O3/c1-3-23-20(28)18(26)16-11(2)17(25-8-4-5-15(16)25)19(27)24-13-6-7-14(21)12(9-13)10-22/h6-7,9H,3-5,8H2,1-2H3,(H,23,28)(H,24,27). The summed E-state index contributed by atoms with van der Waals surface area (Å²) in [4.78, 5) is 37.5. The Balaban J connectivity index is 1.98. The monoisotopic (exact) mass is 382 g/mol. The fourth-order valence-electron chi connectivity index (χ4n) is 3.55. The highest BCUT2D eigenvalue weighted by Gasteiger charge is 2.32.